The fourth-order valence-corrected chi connectivity index (χ4v) is 3.77. The van der Waals surface area contributed by atoms with Gasteiger partial charge in [-0.15, -0.1) is 22.7 Å². The van der Waals surface area contributed by atoms with Crippen molar-refractivity contribution in [2.75, 3.05) is 6.61 Å². The van der Waals surface area contributed by atoms with Gasteiger partial charge >= 0.3 is 0 Å². The van der Waals surface area contributed by atoms with E-state index in [0.29, 0.717) is 18.1 Å². The quantitative estimate of drug-likeness (QED) is 0.505. The number of allylic oxidation sites excluding steroid dienone is 1. The van der Waals surface area contributed by atoms with E-state index in [2.05, 4.69) is 24.9 Å². The summed E-state index contributed by atoms with van der Waals surface area (Å²) in [4.78, 5) is 5.73. The highest BCUT2D eigenvalue weighted by Gasteiger charge is 2.11. The zero-order chi connectivity index (χ0) is 17.6. The maximum absolute atomic E-state index is 9.60. The van der Waals surface area contributed by atoms with Crippen LogP contribution in [0.5, 0.6) is 5.75 Å². The number of hydrogen-bond donors (Lipinski definition) is 0. The largest absolute Gasteiger partial charge is 0.493 e. The van der Waals surface area contributed by atoms with Gasteiger partial charge in [-0.3, -0.25) is 0 Å². The smallest absolute Gasteiger partial charge is 0.134 e. The molecular weight excluding hydrogens is 348 g/mol. The second-order valence-corrected chi connectivity index (χ2v) is 7.73. The third-order valence-corrected chi connectivity index (χ3v) is 5.19. The predicted octanol–water partition coefficient (Wildman–Crippen LogP) is 5.97. The molecule has 1 aromatic carbocycles. The number of para-hydroxylation sites is 1. The van der Waals surface area contributed by atoms with Gasteiger partial charge < -0.3 is 4.74 Å². The lowest BCUT2D eigenvalue weighted by Crippen LogP contribution is -2.05. The minimum Gasteiger partial charge on any atom is -0.493 e. The Hall–Kier alpha value is -2.42. The van der Waals surface area contributed by atoms with Gasteiger partial charge in [-0.1, -0.05) is 38.1 Å². The molecule has 0 aliphatic carbocycles. The summed E-state index contributed by atoms with van der Waals surface area (Å²) in [6.45, 7) is 4.87. The summed E-state index contributed by atoms with van der Waals surface area (Å²) in [6.07, 6.45) is 1.85. The van der Waals surface area contributed by atoms with Crippen LogP contribution in [0, 0.1) is 17.2 Å². The van der Waals surface area contributed by atoms with Crippen molar-refractivity contribution in [3.63, 3.8) is 0 Å². The fourth-order valence-electron chi connectivity index (χ4n) is 2.22. The first-order valence-corrected chi connectivity index (χ1v) is 9.76. The van der Waals surface area contributed by atoms with Gasteiger partial charge in [0.1, 0.15) is 16.8 Å². The number of nitrogens with zero attached hydrogens (tertiary/aromatic N) is 2. The Labute approximate surface area is 155 Å². The monoisotopic (exact) mass is 366 g/mol. The SMILES string of the molecule is CC(C)COc1ccccc1/C=C(/C#N)c1nc(-c2cccs2)cs1. The summed E-state index contributed by atoms with van der Waals surface area (Å²) in [7, 11) is 0. The van der Waals surface area contributed by atoms with Crippen LogP contribution in [-0.4, -0.2) is 11.6 Å². The number of thiazole rings is 1. The summed E-state index contributed by atoms with van der Waals surface area (Å²) in [5.74, 6) is 1.23. The van der Waals surface area contributed by atoms with Gasteiger partial charge in [-0.25, -0.2) is 4.98 Å². The summed E-state index contributed by atoms with van der Waals surface area (Å²) in [5, 5.41) is 14.3. The molecule has 0 unspecified atom stereocenters. The van der Waals surface area contributed by atoms with E-state index in [0.717, 1.165) is 26.9 Å². The van der Waals surface area contributed by atoms with E-state index in [1.807, 2.05) is 53.2 Å². The van der Waals surface area contributed by atoms with Crippen LogP contribution in [0.4, 0.5) is 0 Å². The molecule has 0 atom stereocenters. The second kappa shape index (κ2) is 8.11. The van der Waals surface area contributed by atoms with Crippen LogP contribution in [-0.2, 0) is 0 Å². The molecule has 0 aliphatic heterocycles. The van der Waals surface area contributed by atoms with Crippen LogP contribution in [0.3, 0.4) is 0 Å². The van der Waals surface area contributed by atoms with E-state index in [1.165, 1.54) is 11.3 Å². The van der Waals surface area contributed by atoms with E-state index in [4.69, 9.17) is 4.74 Å². The minimum atomic E-state index is 0.444. The summed E-state index contributed by atoms with van der Waals surface area (Å²) in [6, 6.07) is 14.1. The highest BCUT2D eigenvalue weighted by atomic mass is 32.1. The summed E-state index contributed by atoms with van der Waals surface area (Å²) < 4.78 is 5.87. The van der Waals surface area contributed by atoms with Gasteiger partial charge in [0.25, 0.3) is 0 Å². The predicted molar refractivity (Wildman–Crippen MR) is 106 cm³/mol. The Morgan fingerprint density at radius 3 is 2.80 bits per heavy atom. The third-order valence-electron chi connectivity index (χ3n) is 3.42. The maximum atomic E-state index is 9.60. The van der Waals surface area contributed by atoms with Crippen molar-refractivity contribution >= 4 is 34.3 Å². The minimum absolute atomic E-state index is 0.444. The van der Waals surface area contributed by atoms with Crippen molar-refractivity contribution in [2.45, 2.75) is 13.8 Å². The van der Waals surface area contributed by atoms with E-state index >= 15 is 0 Å². The molecule has 0 saturated carbocycles. The molecule has 126 valence electrons. The van der Waals surface area contributed by atoms with Crippen LogP contribution in [0.15, 0.2) is 47.2 Å². The molecule has 25 heavy (non-hydrogen) atoms. The molecule has 3 aromatic rings. The second-order valence-electron chi connectivity index (χ2n) is 5.93. The zero-order valence-corrected chi connectivity index (χ0v) is 15.7. The lowest BCUT2D eigenvalue weighted by atomic mass is 10.1. The average molecular weight is 367 g/mol. The van der Waals surface area contributed by atoms with Crippen molar-refractivity contribution in [3.05, 3.63) is 57.7 Å². The maximum Gasteiger partial charge on any atom is 0.134 e. The number of thiophene rings is 1. The van der Waals surface area contributed by atoms with E-state index in [9.17, 15) is 5.26 Å². The average Bonchev–Trinajstić information content (AvgIpc) is 3.29. The molecule has 0 amide bonds. The number of rotatable bonds is 6. The van der Waals surface area contributed by atoms with Crippen LogP contribution in [0.2, 0.25) is 0 Å². The molecule has 5 heteroatoms. The molecule has 0 aliphatic rings. The number of aromatic nitrogens is 1. The third kappa shape index (κ3) is 4.36. The van der Waals surface area contributed by atoms with Crippen LogP contribution in [0.1, 0.15) is 24.4 Å². The molecule has 0 radical (unpaired) electrons. The summed E-state index contributed by atoms with van der Waals surface area (Å²) in [5.41, 5.74) is 2.36. The van der Waals surface area contributed by atoms with E-state index in [-0.39, 0.29) is 0 Å². The van der Waals surface area contributed by atoms with Crippen LogP contribution in [0.25, 0.3) is 22.2 Å². The van der Waals surface area contributed by atoms with Gasteiger partial charge in [0.15, 0.2) is 0 Å². The van der Waals surface area contributed by atoms with Gasteiger partial charge in [-0.2, -0.15) is 5.26 Å². The molecule has 0 bridgehead atoms. The highest BCUT2D eigenvalue weighted by molar-refractivity contribution is 7.14. The molecular formula is C20H18N2OS2. The van der Waals surface area contributed by atoms with Gasteiger partial charge in [0, 0.05) is 10.9 Å². The topological polar surface area (TPSA) is 45.9 Å². The first-order chi connectivity index (χ1) is 12.2. The molecule has 0 N–H and O–H groups in total. The Morgan fingerprint density at radius 2 is 2.08 bits per heavy atom. The van der Waals surface area contributed by atoms with E-state index < -0.39 is 0 Å². The number of benzene rings is 1. The molecule has 0 saturated heterocycles. The van der Waals surface area contributed by atoms with Gasteiger partial charge in [0.2, 0.25) is 0 Å². The van der Waals surface area contributed by atoms with Gasteiger partial charge in [-0.05, 0) is 29.5 Å². The van der Waals surface area contributed by atoms with Crippen LogP contribution < -0.4 is 4.74 Å². The molecule has 2 aromatic heterocycles. The Balaban J connectivity index is 1.90. The molecule has 3 nitrogen and oxygen atoms in total. The fraction of sp³-hybridized carbons (Fsp3) is 0.200. The Morgan fingerprint density at radius 1 is 1.24 bits per heavy atom. The molecule has 0 spiro atoms. The van der Waals surface area contributed by atoms with Crippen molar-refractivity contribution < 1.29 is 4.74 Å². The Bertz CT molecular complexity index is 902. The molecule has 2 heterocycles. The number of hydrogen-bond acceptors (Lipinski definition) is 5. The van der Waals surface area contributed by atoms with Gasteiger partial charge in [0.05, 0.1) is 22.8 Å². The lowest BCUT2D eigenvalue weighted by Gasteiger charge is -2.11. The first-order valence-electron chi connectivity index (χ1n) is 8.00. The normalized spacial score (nSPS) is 11.5. The standard InChI is InChI=1S/C20H18N2OS2/c1-14(2)12-23-18-7-4-3-6-15(18)10-16(11-21)20-22-17(13-25-20)19-8-5-9-24-19/h3-10,13-14H,12H2,1-2H3/b16-10-. The lowest BCUT2D eigenvalue weighted by molar-refractivity contribution is 0.270. The van der Waals surface area contributed by atoms with Crippen LogP contribution >= 0.6 is 22.7 Å². The van der Waals surface area contributed by atoms with E-state index in [1.54, 1.807) is 11.3 Å². The molecule has 0 fully saturated rings. The summed E-state index contributed by atoms with van der Waals surface area (Å²) >= 11 is 3.13. The molecule has 3 rings (SSSR count). The van der Waals surface area contributed by atoms with Crippen molar-refractivity contribution in [1.29, 1.82) is 5.26 Å². The number of nitriles is 1. The first kappa shape index (κ1) is 17.4. The zero-order valence-electron chi connectivity index (χ0n) is 14.1. The number of ether oxygens (including phenoxy) is 1. The highest BCUT2D eigenvalue weighted by Crippen LogP contribution is 2.31. The van der Waals surface area contributed by atoms with Crippen molar-refractivity contribution in [3.8, 4) is 22.4 Å². The Kier molecular flexibility index (Phi) is 5.64. The van der Waals surface area contributed by atoms with Crippen molar-refractivity contribution in [1.82, 2.24) is 4.98 Å². The van der Waals surface area contributed by atoms with Crippen molar-refractivity contribution in [2.24, 2.45) is 5.92 Å².